The number of amides is 2. The summed E-state index contributed by atoms with van der Waals surface area (Å²) in [7, 11) is 2.07. The van der Waals surface area contributed by atoms with Gasteiger partial charge in [0.05, 0.1) is 30.4 Å². The normalized spacial score (nSPS) is 20.7. The van der Waals surface area contributed by atoms with Crippen molar-refractivity contribution in [1.29, 1.82) is 0 Å². The van der Waals surface area contributed by atoms with E-state index in [9.17, 15) is 14.7 Å². The molecule has 0 fully saturated rings. The van der Waals surface area contributed by atoms with Crippen LogP contribution in [0.1, 0.15) is 66.3 Å². The molecule has 0 bridgehead atoms. The number of aliphatic hydroxyl groups is 1. The second-order valence-electron chi connectivity index (χ2n) is 11.9. The third-order valence-corrected chi connectivity index (χ3v) is 8.04. The van der Waals surface area contributed by atoms with E-state index in [2.05, 4.69) is 29.2 Å². The summed E-state index contributed by atoms with van der Waals surface area (Å²) in [5.74, 6) is -0.0967. The molecule has 2 aromatic carbocycles. The van der Waals surface area contributed by atoms with Crippen molar-refractivity contribution >= 4 is 17.5 Å². The summed E-state index contributed by atoms with van der Waals surface area (Å²) in [6, 6.07) is 17.7. The number of aliphatic hydroxyl groups excluding tert-OH is 1. The SMILES string of the molecule is C[C@@H]1CCCCO[C@@H](CN(C)Cc2ccncc2)[C@H](C)CN([C@@H](C)CO)C(=O)c2cc(NC(=O)c3ccccc3)ccc2O1. The number of likely N-dealkylation sites (N-methyl/N-ethyl adjacent to an activating group) is 1. The lowest BCUT2D eigenvalue weighted by atomic mass is 10.0. The maximum absolute atomic E-state index is 14.3. The molecule has 4 rings (SSSR count). The van der Waals surface area contributed by atoms with Gasteiger partial charge >= 0.3 is 0 Å². The molecule has 0 unspecified atom stereocenters. The van der Waals surface area contributed by atoms with E-state index >= 15 is 0 Å². The number of nitrogens with one attached hydrogen (secondary N) is 1. The zero-order valence-corrected chi connectivity index (χ0v) is 26.3. The van der Waals surface area contributed by atoms with E-state index in [4.69, 9.17) is 9.47 Å². The molecular formula is C35H46N4O5. The lowest BCUT2D eigenvalue weighted by Crippen LogP contribution is -2.47. The summed E-state index contributed by atoms with van der Waals surface area (Å²) in [6.07, 6.45) is 5.97. The fourth-order valence-electron chi connectivity index (χ4n) is 5.43. The number of hydrogen-bond donors (Lipinski definition) is 2. The van der Waals surface area contributed by atoms with Gasteiger partial charge in [-0.1, -0.05) is 25.1 Å². The molecule has 1 aliphatic heterocycles. The highest BCUT2D eigenvalue weighted by atomic mass is 16.5. The summed E-state index contributed by atoms with van der Waals surface area (Å²) in [5.41, 5.74) is 2.53. The zero-order chi connectivity index (χ0) is 31.5. The standard InChI is InChI=1S/C35H46N4O5/c1-25-21-39(26(2)24-40)35(42)31-20-30(37-34(41)29-11-6-5-7-12-29)13-14-32(31)44-27(3)10-8-9-19-43-33(25)23-38(4)22-28-15-17-36-18-16-28/h5-7,11-18,20,25-27,33,40H,8-10,19,21-24H2,1-4H3,(H,37,41)/t25-,26+,27-,33+/m1/s1. The quantitative estimate of drug-likeness (QED) is 0.363. The summed E-state index contributed by atoms with van der Waals surface area (Å²) in [6.45, 7) is 8.18. The Hall–Kier alpha value is -3.79. The smallest absolute Gasteiger partial charge is 0.258 e. The summed E-state index contributed by atoms with van der Waals surface area (Å²) >= 11 is 0. The van der Waals surface area contributed by atoms with Crippen molar-refractivity contribution in [2.24, 2.45) is 5.92 Å². The highest BCUT2D eigenvalue weighted by molar-refractivity contribution is 6.05. The monoisotopic (exact) mass is 602 g/mol. The maximum Gasteiger partial charge on any atom is 0.258 e. The van der Waals surface area contributed by atoms with Crippen molar-refractivity contribution in [1.82, 2.24) is 14.8 Å². The molecule has 0 radical (unpaired) electrons. The maximum atomic E-state index is 14.3. The molecule has 236 valence electrons. The molecular weight excluding hydrogens is 556 g/mol. The van der Waals surface area contributed by atoms with Crippen LogP contribution < -0.4 is 10.1 Å². The predicted molar refractivity (Wildman–Crippen MR) is 172 cm³/mol. The molecule has 1 aliphatic rings. The minimum atomic E-state index is -0.444. The van der Waals surface area contributed by atoms with Gasteiger partial charge in [-0.2, -0.15) is 0 Å². The Morgan fingerprint density at radius 2 is 1.86 bits per heavy atom. The van der Waals surface area contributed by atoms with Crippen LogP contribution in [0.15, 0.2) is 73.1 Å². The first kappa shape index (κ1) is 33.1. The average molecular weight is 603 g/mol. The van der Waals surface area contributed by atoms with E-state index in [1.165, 1.54) is 5.56 Å². The number of pyridine rings is 1. The molecule has 0 spiro atoms. The van der Waals surface area contributed by atoms with E-state index in [-0.39, 0.29) is 36.5 Å². The van der Waals surface area contributed by atoms with E-state index in [1.807, 2.05) is 32.0 Å². The molecule has 0 saturated carbocycles. The minimum absolute atomic E-state index is 0.0277. The first-order valence-corrected chi connectivity index (χ1v) is 15.5. The van der Waals surface area contributed by atoms with Crippen LogP contribution in [0, 0.1) is 5.92 Å². The molecule has 2 heterocycles. The Kier molecular flexibility index (Phi) is 12.3. The number of anilines is 1. The third-order valence-electron chi connectivity index (χ3n) is 8.04. The largest absolute Gasteiger partial charge is 0.490 e. The van der Waals surface area contributed by atoms with Gasteiger partial charge in [0, 0.05) is 55.8 Å². The van der Waals surface area contributed by atoms with E-state index in [0.29, 0.717) is 42.3 Å². The van der Waals surface area contributed by atoms with Gasteiger partial charge in [0.15, 0.2) is 0 Å². The van der Waals surface area contributed by atoms with Gasteiger partial charge in [-0.05, 0) is 88.2 Å². The predicted octanol–water partition coefficient (Wildman–Crippen LogP) is 5.26. The second kappa shape index (κ2) is 16.3. The number of ether oxygens (including phenoxy) is 2. The van der Waals surface area contributed by atoms with E-state index in [1.54, 1.807) is 59.8 Å². The van der Waals surface area contributed by atoms with Crippen molar-refractivity contribution in [2.45, 2.75) is 64.8 Å². The number of nitrogens with zero attached hydrogens (tertiary/aromatic N) is 3. The van der Waals surface area contributed by atoms with Gasteiger partial charge in [-0.15, -0.1) is 0 Å². The molecule has 44 heavy (non-hydrogen) atoms. The first-order valence-electron chi connectivity index (χ1n) is 15.5. The van der Waals surface area contributed by atoms with E-state index < -0.39 is 6.04 Å². The number of hydrogen-bond acceptors (Lipinski definition) is 7. The highest BCUT2D eigenvalue weighted by Gasteiger charge is 2.30. The topological polar surface area (TPSA) is 104 Å². The molecule has 1 aromatic heterocycles. The first-order chi connectivity index (χ1) is 21.2. The number of rotatable bonds is 8. The molecule has 0 aliphatic carbocycles. The Labute approximate surface area is 261 Å². The van der Waals surface area contributed by atoms with Gasteiger partial charge < -0.3 is 24.8 Å². The van der Waals surface area contributed by atoms with Crippen LogP contribution in [0.3, 0.4) is 0 Å². The number of fused-ring (bicyclic) bond motifs is 1. The van der Waals surface area contributed by atoms with Crippen LogP contribution >= 0.6 is 0 Å². The minimum Gasteiger partial charge on any atom is -0.490 e. The highest BCUT2D eigenvalue weighted by Crippen LogP contribution is 2.29. The van der Waals surface area contributed by atoms with Gasteiger partial charge in [0.2, 0.25) is 0 Å². The summed E-state index contributed by atoms with van der Waals surface area (Å²) in [4.78, 5) is 35.3. The second-order valence-corrected chi connectivity index (χ2v) is 11.9. The van der Waals surface area contributed by atoms with Crippen molar-refractivity contribution < 1.29 is 24.2 Å². The van der Waals surface area contributed by atoms with Crippen LogP contribution in [0.25, 0.3) is 0 Å². The lowest BCUT2D eigenvalue weighted by molar-refractivity contribution is -0.0177. The van der Waals surface area contributed by atoms with Crippen molar-refractivity contribution in [3.63, 3.8) is 0 Å². The van der Waals surface area contributed by atoms with Crippen LogP contribution in [-0.4, -0.2) is 83.3 Å². The molecule has 2 N–H and O–H groups in total. The van der Waals surface area contributed by atoms with Gasteiger partial charge in [-0.25, -0.2) is 0 Å². The zero-order valence-electron chi connectivity index (χ0n) is 26.3. The number of carbonyl (C=O) groups excluding carboxylic acids is 2. The lowest BCUT2D eigenvalue weighted by Gasteiger charge is -2.36. The van der Waals surface area contributed by atoms with Crippen LogP contribution in [0.4, 0.5) is 5.69 Å². The Bertz CT molecular complexity index is 1340. The van der Waals surface area contributed by atoms with Crippen LogP contribution in [0.5, 0.6) is 5.75 Å². The number of aromatic nitrogens is 1. The average Bonchev–Trinajstić information content (AvgIpc) is 3.03. The molecule has 9 nitrogen and oxygen atoms in total. The number of carbonyl (C=O) groups is 2. The Morgan fingerprint density at radius 3 is 2.59 bits per heavy atom. The molecule has 2 amide bonds. The van der Waals surface area contributed by atoms with Gasteiger partial charge in [0.25, 0.3) is 11.8 Å². The van der Waals surface area contributed by atoms with Crippen molar-refractivity contribution in [2.75, 3.05) is 38.7 Å². The number of benzene rings is 2. The van der Waals surface area contributed by atoms with E-state index in [0.717, 1.165) is 25.8 Å². The summed E-state index contributed by atoms with van der Waals surface area (Å²) in [5, 5.41) is 13.1. The third kappa shape index (κ3) is 9.35. The van der Waals surface area contributed by atoms with Crippen LogP contribution in [0.2, 0.25) is 0 Å². The van der Waals surface area contributed by atoms with Crippen molar-refractivity contribution in [3.05, 3.63) is 89.7 Å². The fraction of sp³-hybridized carbons (Fsp3) is 0.457. The molecule has 4 atom stereocenters. The van der Waals surface area contributed by atoms with Crippen LogP contribution in [-0.2, 0) is 11.3 Å². The molecule has 0 saturated heterocycles. The van der Waals surface area contributed by atoms with Gasteiger partial charge in [-0.3, -0.25) is 19.5 Å². The molecule has 9 heteroatoms. The Morgan fingerprint density at radius 1 is 1.11 bits per heavy atom. The van der Waals surface area contributed by atoms with Crippen molar-refractivity contribution in [3.8, 4) is 5.75 Å². The fourth-order valence-corrected chi connectivity index (χ4v) is 5.43. The Balaban J connectivity index is 1.61. The molecule has 3 aromatic rings. The van der Waals surface area contributed by atoms with Gasteiger partial charge in [0.1, 0.15) is 5.75 Å². The summed E-state index contributed by atoms with van der Waals surface area (Å²) < 4.78 is 12.8.